The predicted octanol–water partition coefficient (Wildman–Crippen LogP) is 13.4. The zero-order valence-corrected chi connectivity index (χ0v) is 38.2. The van der Waals surface area contributed by atoms with Gasteiger partial charge in [-0.15, -0.1) is 0 Å². The molecule has 8 nitrogen and oxygen atoms in total. The Balaban J connectivity index is 1.17. The summed E-state index contributed by atoms with van der Waals surface area (Å²) in [5, 5.41) is -0.318. The molecule has 0 radical (unpaired) electrons. The van der Waals surface area contributed by atoms with Crippen molar-refractivity contribution in [3.63, 3.8) is 0 Å². The first-order valence-corrected chi connectivity index (χ1v) is 23.5. The van der Waals surface area contributed by atoms with Gasteiger partial charge in [-0.25, -0.2) is 9.59 Å². The lowest BCUT2D eigenvalue weighted by molar-refractivity contribution is 0.0194. The van der Waals surface area contributed by atoms with Crippen molar-refractivity contribution in [2.75, 3.05) is 36.0 Å². The van der Waals surface area contributed by atoms with Gasteiger partial charge in [-0.1, -0.05) is 92.8 Å². The van der Waals surface area contributed by atoms with E-state index in [-0.39, 0.29) is 73.9 Å². The van der Waals surface area contributed by atoms with Gasteiger partial charge < -0.3 is 28.7 Å². The van der Waals surface area contributed by atoms with Crippen LogP contribution in [0.2, 0.25) is 40.2 Å². The maximum absolute atomic E-state index is 14.5. The summed E-state index contributed by atoms with van der Waals surface area (Å²) in [5.74, 6) is 0.129. The Bertz CT molecular complexity index is 2860. The van der Waals surface area contributed by atoms with Crippen LogP contribution in [0, 0.1) is 0 Å². The maximum atomic E-state index is 14.5. The molecule has 62 heavy (non-hydrogen) atoms. The van der Waals surface area contributed by atoms with Crippen molar-refractivity contribution >= 4 is 116 Å². The Hall–Kier alpha value is -3.44. The first-order valence-electron chi connectivity index (χ1n) is 20.5. The molecule has 2 spiro atoms. The van der Waals surface area contributed by atoms with Crippen LogP contribution in [0.3, 0.4) is 0 Å². The molecule has 0 amide bonds. The van der Waals surface area contributed by atoms with E-state index in [4.69, 9.17) is 112 Å². The van der Waals surface area contributed by atoms with Gasteiger partial charge in [0.05, 0.1) is 62.4 Å². The van der Waals surface area contributed by atoms with Crippen molar-refractivity contribution in [1.29, 1.82) is 0 Å². The summed E-state index contributed by atoms with van der Waals surface area (Å²) < 4.78 is 27.8. The number of aryl methyl sites for hydroxylation is 2. The third-order valence-electron chi connectivity index (χ3n) is 14.1. The number of fused-ring (bicyclic) bond motifs is 14. The number of ether oxygens (including phenoxy) is 4. The third-order valence-corrected chi connectivity index (χ3v) is 17.7. The van der Waals surface area contributed by atoms with Crippen LogP contribution in [0.4, 0.5) is 11.4 Å². The summed E-state index contributed by atoms with van der Waals surface area (Å²) in [4.78, 5) is 33.7. The molecule has 0 aliphatic carbocycles. The molecule has 2 unspecified atom stereocenters. The van der Waals surface area contributed by atoms with Crippen molar-refractivity contribution in [3.8, 4) is 23.0 Å². The van der Waals surface area contributed by atoms with E-state index >= 15 is 0 Å². The lowest BCUT2D eigenvalue weighted by atomic mass is 9.71. The second-order valence-electron chi connectivity index (χ2n) is 17.1. The largest absolute Gasteiger partial charge is 0.456 e. The molecule has 0 saturated carbocycles. The van der Waals surface area contributed by atoms with Crippen molar-refractivity contribution in [3.05, 3.63) is 131 Å². The van der Waals surface area contributed by atoms with Gasteiger partial charge in [0.2, 0.25) is 0 Å². The van der Waals surface area contributed by atoms with E-state index in [0.717, 1.165) is 98.3 Å². The van der Waals surface area contributed by atoms with E-state index in [1.807, 2.05) is 0 Å². The molecule has 0 saturated heterocycles. The Labute approximate surface area is 394 Å². The van der Waals surface area contributed by atoms with Gasteiger partial charge in [-0.2, -0.15) is 0 Å². The molecule has 5 aromatic carbocycles. The van der Waals surface area contributed by atoms with Gasteiger partial charge >= 0.3 is 11.9 Å². The van der Waals surface area contributed by atoms with Crippen LogP contribution in [0.15, 0.2) is 24.3 Å². The molecule has 8 aliphatic heterocycles. The SMILES string of the molecule is O=C1OC2(c3cc4c(cc3Oc3c2cc2c5c3CCCN5CCC2)C2(OC(=O)c3c(Cl)c(Cl)c(Cl)c(Cl)c32)c2cc3c5c(c2O4)CCCN5CCC3)c2c(Cl)c(Cl)c(Cl)c(Cl)c21. The van der Waals surface area contributed by atoms with Crippen LogP contribution in [-0.2, 0) is 46.4 Å². The molecule has 8 aliphatic rings. The number of nitrogens with zero attached hydrogens (tertiary/aromatic N) is 2. The van der Waals surface area contributed by atoms with E-state index in [2.05, 4.69) is 21.9 Å². The Morgan fingerprint density at radius 3 is 1.23 bits per heavy atom. The van der Waals surface area contributed by atoms with Crippen LogP contribution in [0.25, 0.3) is 0 Å². The van der Waals surface area contributed by atoms with Crippen LogP contribution in [0.1, 0.15) is 102 Å². The summed E-state index contributed by atoms with van der Waals surface area (Å²) in [5.41, 5.74) is 5.33. The molecular formula is C46H28Cl8N2O6. The highest BCUT2D eigenvalue weighted by Gasteiger charge is 2.61. The number of rotatable bonds is 0. The second kappa shape index (κ2) is 13.1. The molecule has 13 rings (SSSR count). The first-order chi connectivity index (χ1) is 29.9. The van der Waals surface area contributed by atoms with Crippen LogP contribution < -0.4 is 19.3 Å². The number of carbonyl (C=O) groups excluding carboxylic acids is 2. The minimum Gasteiger partial charge on any atom is -0.456 e. The van der Waals surface area contributed by atoms with Gasteiger partial charge in [0.15, 0.2) is 11.2 Å². The van der Waals surface area contributed by atoms with Crippen molar-refractivity contribution in [2.24, 2.45) is 0 Å². The van der Waals surface area contributed by atoms with Crippen LogP contribution >= 0.6 is 92.8 Å². The van der Waals surface area contributed by atoms with E-state index in [0.29, 0.717) is 46.6 Å². The Morgan fingerprint density at radius 1 is 0.452 bits per heavy atom. The summed E-state index contributed by atoms with van der Waals surface area (Å²) >= 11 is 55.4. The molecule has 2 atom stereocenters. The molecule has 0 fully saturated rings. The van der Waals surface area contributed by atoms with Crippen molar-refractivity contribution < 1.29 is 28.5 Å². The lowest BCUT2D eigenvalue weighted by Gasteiger charge is -2.45. The van der Waals surface area contributed by atoms with Crippen molar-refractivity contribution in [2.45, 2.75) is 62.6 Å². The van der Waals surface area contributed by atoms with Crippen LogP contribution in [-0.4, -0.2) is 38.1 Å². The molecule has 16 heteroatoms. The Morgan fingerprint density at radius 2 is 0.823 bits per heavy atom. The van der Waals surface area contributed by atoms with Gasteiger partial charge in [0, 0.05) is 70.9 Å². The minimum absolute atomic E-state index is 0.000977. The Kier molecular flexibility index (Phi) is 8.23. The number of anilines is 2. The average Bonchev–Trinajstić information content (AvgIpc) is 3.76. The standard InChI is InChI=1S/C46H28Cl8N2O6/c47-31-27-29(33(49)37(53)35(31)51)45(61-43(27)57)21-15-26-22(16-25(21)59-41-19-7-3-11-55-9-1-5-17(39(19)55)13-23(41)45)46(30-28(44(58)62-46)32(48)36(52)38(54)34(30)50)24-14-18-6-2-10-56-12-4-8-20(40(18)56)42(24)60-26/h13-16H,1-12H2. The molecule has 5 aromatic rings. The number of hydrogen-bond donors (Lipinski definition) is 0. The topological polar surface area (TPSA) is 77.5 Å². The van der Waals surface area contributed by atoms with Crippen LogP contribution in [0.5, 0.6) is 23.0 Å². The van der Waals surface area contributed by atoms with E-state index in [1.54, 1.807) is 12.1 Å². The highest BCUT2D eigenvalue weighted by molar-refractivity contribution is 6.54. The highest BCUT2D eigenvalue weighted by Crippen LogP contribution is 2.68. The normalized spacial score (nSPS) is 22.7. The van der Waals surface area contributed by atoms with Crippen molar-refractivity contribution in [1.82, 2.24) is 0 Å². The third kappa shape index (κ3) is 4.61. The van der Waals surface area contributed by atoms with E-state index in [1.165, 1.54) is 0 Å². The average molecular weight is 988 g/mol. The van der Waals surface area contributed by atoms with Gasteiger partial charge in [0.25, 0.3) is 0 Å². The smallest absolute Gasteiger partial charge is 0.341 e. The number of esters is 2. The fraction of sp³-hybridized carbons (Fsp3) is 0.304. The summed E-state index contributed by atoms with van der Waals surface area (Å²) in [6.45, 7) is 3.63. The highest BCUT2D eigenvalue weighted by atomic mass is 35.5. The van der Waals surface area contributed by atoms with E-state index < -0.39 is 23.1 Å². The molecule has 0 bridgehead atoms. The first kappa shape index (κ1) is 39.0. The summed E-state index contributed by atoms with van der Waals surface area (Å²) in [6.07, 6.45) is 6.70. The number of carbonyl (C=O) groups is 2. The zero-order valence-electron chi connectivity index (χ0n) is 32.2. The zero-order chi connectivity index (χ0) is 42.5. The minimum atomic E-state index is -1.75. The summed E-state index contributed by atoms with van der Waals surface area (Å²) in [7, 11) is 0. The predicted molar refractivity (Wildman–Crippen MR) is 241 cm³/mol. The number of halogens is 8. The number of benzene rings is 5. The summed E-state index contributed by atoms with van der Waals surface area (Å²) in [6, 6.07) is 7.68. The van der Waals surface area contributed by atoms with Gasteiger partial charge in [-0.05, 0) is 86.8 Å². The molecule has 314 valence electrons. The van der Waals surface area contributed by atoms with E-state index in [9.17, 15) is 9.59 Å². The quantitative estimate of drug-likeness (QED) is 0.0863. The molecular weight excluding hydrogens is 960 g/mol. The monoisotopic (exact) mass is 984 g/mol. The molecule has 0 N–H and O–H groups in total. The maximum Gasteiger partial charge on any atom is 0.341 e. The molecule has 0 aromatic heterocycles. The second-order valence-corrected chi connectivity index (χ2v) is 20.1. The number of hydrogen-bond acceptors (Lipinski definition) is 8. The fourth-order valence-electron chi connectivity index (χ4n) is 11.8. The lowest BCUT2D eigenvalue weighted by Crippen LogP contribution is -2.39. The fourth-order valence-corrected chi connectivity index (χ4v) is 13.9. The molecule has 8 heterocycles. The van der Waals surface area contributed by atoms with Gasteiger partial charge in [-0.3, -0.25) is 0 Å². The van der Waals surface area contributed by atoms with Gasteiger partial charge in [0.1, 0.15) is 23.0 Å².